The molecule has 5 rings (SSSR count). The molecule has 1 aromatic heterocycles. The second kappa shape index (κ2) is 8.42. The van der Waals surface area contributed by atoms with E-state index >= 15 is 0 Å². The van der Waals surface area contributed by atoms with Crippen LogP contribution in [0.1, 0.15) is 54.6 Å². The molecule has 0 radical (unpaired) electrons. The summed E-state index contributed by atoms with van der Waals surface area (Å²) >= 11 is 0. The number of fused-ring (bicyclic) bond motifs is 2. The molecule has 2 heterocycles. The van der Waals surface area contributed by atoms with E-state index in [-0.39, 0.29) is 5.91 Å². The van der Waals surface area contributed by atoms with Crippen LogP contribution in [0.4, 0.5) is 5.69 Å². The number of carbonyl (C=O) groups is 1. The van der Waals surface area contributed by atoms with Crippen molar-refractivity contribution in [2.24, 2.45) is 0 Å². The summed E-state index contributed by atoms with van der Waals surface area (Å²) in [6, 6.07) is 14.5. The molecule has 0 saturated heterocycles. The van der Waals surface area contributed by atoms with Gasteiger partial charge in [-0.1, -0.05) is 36.8 Å². The second-order valence-corrected chi connectivity index (χ2v) is 8.52. The highest BCUT2D eigenvalue weighted by Gasteiger charge is 2.17. The molecule has 154 valence electrons. The quantitative estimate of drug-likeness (QED) is 0.689. The van der Waals surface area contributed by atoms with Crippen molar-refractivity contribution in [3.8, 4) is 11.4 Å². The van der Waals surface area contributed by atoms with Gasteiger partial charge in [0.25, 0.3) is 0 Å². The number of carbonyl (C=O) groups excluding carboxylic acids is 1. The average Bonchev–Trinajstić information content (AvgIpc) is 3.02. The van der Waals surface area contributed by atoms with Gasteiger partial charge in [-0.3, -0.25) is 4.79 Å². The summed E-state index contributed by atoms with van der Waals surface area (Å²) in [6.45, 7) is 0.965. The van der Waals surface area contributed by atoms with Gasteiger partial charge in [-0.2, -0.15) is 0 Å². The first-order valence-corrected chi connectivity index (χ1v) is 11.2. The number of nitrogens with one attached hydrogen (secondary N) is 1. The minimum absolute atomic E-state index is 0.0166. The van der Waals surface area contributed by atoms with Gasteiger partial charge in [-0.15, -0.1) is 10.2 Å². The summed E-state index contributed by atoms with van der Waals surface area (Å²) in [5, 5.41) is 11.9. The molecule has 5 nitrogen and oxygen atoms in total. The molecule has 0 saturated carbocycles. The van der Waals surface area contributed by atoms with Crippen LogP contribution in [0.25, 0.3) is 11.4 Å². The summed E-state index contributed by atoms with van der Waals surface area (Å²) < 4.78 is 2.24. The highest BCUT2D eigenvalue weighted by Crippen LogP contribution is 2.25. The zero-order valence-electron chi connectivity index (χ0n) is 17.4. The number of anilines is 1. The van der Waals surface area contributed by atoms with E-state index in [1.807, 2.05) is 24.3 Å². The topological polar surface area (TPSA) is 59.8 Å². The lowest BCUT2D eigenvalue weighted by atomic mass is 9.90. The van der Waals surface area contributed by atoms with E-state index in [2.05, 4.69) is 38.3 Å². The van der Waals surface area contributed by atoms with Crippen LogP contribution in [-0.2, 0) is 37.0 Å². The Morgan fingerprint density at radius 2 is 1.77 bits per heavy atom. The predicted octanol–water partition coefficient (Wildman–Crippen LogP) is 4.73. The van der Waals surface area contributed by atoms with Crippen molar-refractivity contribution in [2.45, 2.75) is 64.3 Å². The smallest absolute Gasteiger partial charge is 0.228 e. The van der Waals surface area contributed by atoms with Crippen LogP contribution in [0.15, 0.2) is 42.5 Å². The van der Waals surface area contributed by atoms with Crippen LogP contribution >= 0.6 is 0 Å². The number of nitrogens with zero attached hydrogens (tertiary/aromatic N) is 3. The number of hydrogen-bond acceptors (Lipinski definition) is 3. The lowest BCUT2D eigenvalue weighted by Gasteiger charge is -2.16. The lowest BCUT2D eigenvalue weighted by Crippen LogP contribution is -2.15. The minimum Gasteiger partial charge on any atom is -0.326 e. The molecule has 3 aromatic rings. The molecule has 0 fully saturated rings. The van der Waals surface area contributed by atoms with Crippen LogP contribution in [0.5, 0.6) is 0 Å². The van der Waals surface area contributed by atoms with E-state index in [0.717, 1.165) is 54.3 Å². The molecule has 0 atom stereocenters. The third kappa shape index (κ3) is 4.02. The molecule has 5 heteroatoms. The Labute approximate surface area is 177 Å². The first-order valence-electron chi connectivity index (χ1n) is 11.2. The fraction of sp³-hybridized carbons (Fsp3) is 0.400. The first kappa shape index (κ1) is 19.0. The van der Waals surface area contributed by atoms with Gasteiger partial charge in [-0.25, -0.2) is 0 Å². The molecule has 1 aliphatic carbocycles. The first-order chi connectivity index (χ1) is 14.8. The Morgan fingerprint density at radius 1 is 0.900 bits per heavy atom. The molecule has 1 aliphatic heterocycles. The zero-order valence-corrected chi connectivity index (χ0v) is 17.4. The molecule has 0 spiro atoms. The third-order valence-corrected chi connectivity index (χ3v) is 6.29. The van der Waals surface area contributed by atoms with Gasteiger partial charge in [0.1, 0.15) is 5.82 Å². The summed E-state index contributed by atoms with van der Waals surface area (Å²) in [7, 11) is 0. The van der Waals surface area contributed by atoms with Gasteiger partial charge in [-0.05, 0) is 67.3 Å². The number of aryl methyl sites for hydroxylation is 3. The minimum atomic E-state index is 0.0166. The molecular formula is C25H28N4O. The summed E-state index contributed by atoms with van der Waals surface area (Å²) in [4.78, 5) is 12.7. The van der Waals surface area contributed by atoms with Crippen molar-refractivity contribution in [1.29, 1.82) is 0 Å². The monoisotopic (exact) mass is 400 g/mol. The molecule has 0 bridgehead atoms. The maximum absolute atomic E-state index is 12.7. The number of hydrogen-bond donors (Lipinski definition) is 1. The van der Waals surface area contributed by atoms with Crippen molar-refractivity contribution >= 4 is 11.6 Å². The highest BCUT2D eigenvalue weighted by atomic mass is 16.1. The van der Waals surface area contributed by atoms with Crippen LogP contribution in [0, 0.1) is 0 Å². The average molecular weight is 401 g/mol. The summed E-state index contributed by atoms with van der Waals surface area (Å²) in [5.41, 5.74) is 5.77. The van der Waals surface area contributed by atoms with Gasteiger partial charge in [0, 0.05) is 24.2 Å². The fourth-order valence-corrected chi connectivity index (χ4v) is 4.72. The molecule has 1 N–H and O–H groups in total. The van der Waals surface area contributed by atoms with Crippen LogP contribution in [-0.4, -0.2) is 20.7 Å². The van der Waals surface area contributed by atoms with Crippen molar-refractivity contribution < 1.29 is 4.79 Å². The lowest BCUT2D eigenvalue weighted by molar-refractivity contribution is -0.115. The Balaban J connectivity index is 1.30. The van der Waals surface area contributed by atoms with Crippen molar-refractivity contribution in [2.75, 3.05) is 5.32 Å². The van der Waals surface area contributed by atoms with Gasteiger partial charge in [0.05, 0.1) is 6.42 Å². The van der Waals surface area contributed by atoms with E-state index in [4.69, 9.17) is 0 Å². The fourth-order valence-electron chi connectivity index (χ4n) is 4.72. The predicted molar refractivity (Wildman–Crippen MR) is 118 cm³/mol. The van der Waals surface area contributed by atoms with Crippen molar-refractivity contribution in [3.63, 3.8) is 0 Å². The normalized spacial score (nSPS) is 15.7. The largest absolute Gasteiger partial charge is 0.326 e. The van der Waals surface area contributed by atoms with Crippen LogP contribution in [0.3, 0.4) is 0 Å². The molecule has 30 heavy (non-hydrogen) atoms. The summed E-state index contributed by atoms with van der Waals surface area (Å²) in [6.07, 6.45) is 9.80. The number of aromatic nitrogens is 3. The number of benzene rings is 2. The molecule has 2 aromatic carbocycles. The standard InChI is InChI=1S/C25H28N4O/c30-24(16-18-12-13-19-7-3-4-8-20(19)15-18)26-22-10-6-9-21(17-22)25-28-27-23-11-2-1-5-14-29(23)25/h6,9-10,12-13,15,17H,1-5,7-8,11,14,16H2,(H,26,30). The van der Waals surface area contributed by atoms with E-state index < -0.39 is 0 Å². The van der Waals surface area contributed by atoms with E-state index in [1.165, 1.54) is 43.2 Å². The van der Waals surface area contributed by atoms with Crippen LogP contribution < -0.4 is 5.32 Å². The Bertz CT molecular complexity index is 1070. The molecule has 2 aliphatic rings. The number of amides is 1. The van der Waals surface area contributed by atoms with Gasteiger partial charge in [0.2, 0.25) is 5.91 Å². The maximum Gasteiger partial charge on any atom is 0.228 e. The van der Waals surface area contributed by atoms with Gasteiger partial charge < -0.3 is 9.88 Å². The Hall–Kier alpha value is -2.95. The molecule has 1 amide bonds. The Morgan fingerprint density at radius 3 is 2.70 bits per heavy atom. The highest BCUT2D eigenvalue weighted by molar-refractivity contribution is 5.92. The van der Waals surface area contributed by atoms with E-state index in [1.54, 1.807) is 0 Å². The Kier molecular flexibility index (Phi) is 5.35. The van der Waals surface area contributed by atoms with Crippen molar-refractivity contribution in [3.05, 3.63) is 65.0 Å². The summed E-state index contributed by atoms with van der Waals surface area (Å²) in [5.74, 6) is 1.99. The molecular weight excluding hydrogens is 372 g/mol. The third-order valence-electron chi connectivity index (χ3n) is 6.29. The number of rotatable bonds is 4. The van der Waals surface area contributed by atoms with E-state index in [9.17, 15) is 4.79 Å². The zero-order chi connectivity index (χ0) is 20.3. The van der Waals surface area contributed by atoms with E-state index in [0.29, 0.717) is 6.42 Å². The molecule has 0 unspecified atom stereocenters. The van der Waals surface area contributed by atoms with Gasteiger partial charge >= 0.3 is 0 Å². The van der Waals surface area contributed by atoms with Crippen LogP contribution in [0.2, 0.25) is 0 Å². The maximum atomic E-state index is 12.7. The van der Waals surface area contributed by atoms with Crippen molar-refractivity contribution in [1.82, 2.24) is 14.8 Å². The second-order valence-electron chi connectivity index (χ2n) is 8.52. The van der Waals surface area contributed by atoms with Gasteiger partial charge in [0.15, 0.2) is 5.82 Å². The SMILES string of the molecule is O=C(Cc1ccc2c(c1)CCCC2)Nc1cccc(-c2nnc3n2CCCCC3)c1.